The number of phenols is 1. The van der Waals surface area contributed by atoms with Crippen LogP contribution in [0.2, 0.25) is 0 Å². The van der Waals surface area contributed by atoms with Crippen molar-refractivity contribution in [3.8, 4) is 5.75 Å². The monoisotopic (exact) mass is 176 g/mol. The van der Waals surface area contributed by atoms with Crippen molar-refractivity contribution < 1.29 is 15.0 Å². The summed E-state index contributed by atoms with van der Waals surface area (Å²) in [6.07, 6.45) is 0. The number of aromatic hydroxyl groups is 1. The van der Waals surface area contributed by atoms with Gasteiger partial charge < -0.3 is 10.2 Å². The van der Waals surface area contributed by atoms with Gasteiger partial charge in [0.25, 0.3) is 0 Å². The van der Waals surface area contributed by atoms with Crippen LogP contribution >= 0.6 is 0 Å². The molecule has 0 saturated heterocycles. The Labute approximate surface area is 92.3 Å². The second-order valence-corrected chi connectivity index (χ2v) is 2.30. The fourth-order valence-electron chi connectivity index (χ4n) is 0.888. The molecule has 0 bridgehead atoms. The van der Waals surface area contributed by atoms with Gasteiger partial charge in [-0.2, -0.15) is 0 Å². The van der Waals surface area contributed by atoms with Gasteiger partial charge in [0.15, 0.2) is 0 Å². The van der Waals surface area contributed by atoms with Crippen LogP contribution in [0, 0.1) is 6.92 Å². The zero-order valence-electron chi connectivity index (χ0n) is 6.03. The van der Waals surface area contributed by atoms with Crippen LogP contribution in [0.1, 0.15) is 15.9 Å². The van der Waals surface area contributed by atoms with Crippen molar-refractivity contribution in [1.29, 1.82) is 0 Å². The molecule has 1 aromatic rings. The van der Waals surface area contributed by atoms with E-state index in [1.165, 1.54) is 18.2 Å². The standard InChI is InChI=1S/C8H8O3.Na.H/c1-5-4-6(9)2-3-7(5)8(10)11;;/h2-4,9H,1H3,(H,10,11);;. The molecular weight excluding hydrogens is 167 g/mol. The SMILES string of the molecule is Cc1cc(O)ccc1C(=O)O.[NaH]. The summed E-state index contributed by atoms with van der Waals surface area (Å²) in [5.74, 6) is -0.880. The number of carboxylic acids is 1. The molecule has 0 saturated carbocycles. The summed E-state index contributed by atoms with van der Waals surface area (Å²) in [6.45, 7) is 1.64. The summed E-state index contributed by atoms with van der Waals surface area (Å²) in [5, 5.41) is 17.5. The third-order valence-corrected chi connectivity index (χ3v) is 1.44. The van der Waals surface area contributed by atoms with E-state index in [2.05, 4.69) is 0 Å². The molecule has 1 aromatic carbocycles. The molecule has 2 N–H and O–H groups in total. The predicted octanol–water partition coefficient (Wildman–Crippen LogP) is 0.750. The molecule has 12 heavy (non-hydrogen) atoms. The van der Waals surface area contributed by atoms with E-state index in [-0.39, 0.29) is 40.9 Å². The third-order valence-electron chi connectivity index (χ3n) is 1.44. The Morgan fingerprint density at radius 3 is 2.42 bits per heavy atom. The van der Waals surface area contributed by atoms with Crippen molar-refractivity contribution in [2.75, 3.05) is 0 Å². The molecule has 0 spiro atoms. The summed E-state index contributed by atoms with van der Waals surface area (Å²) in [7, 11) is 0. The molecule has 0 aliphatic carbocycles. The fraction of sp³-hybridized carbons (Fsp3) is 0.125. The first kappa shape index (κ1) is 11.5. The first-order valence-corrected chi connectivity index (χ1v) is 3.14. The number of aryl methyl sites for hydroxylation is 1. The average molecular weight is 176 g/mol. The van der Waals surface area contributed by atoms with Crippen molar-refractivity contribution in [3.05, 3.63) is 29.3 Å². The van der Waals surface area contributed by atoms with Gasteiger partial charge in [0.2, 0.25) is 0 Å². The molecule has 0 fully saturated rings. The average Bonchev–Trinajstić information content (AvgIpc) is 1.85. The van der Waals surface area contributed by atoms with E-state index in [1.807, 2.05) is 0 Å². The number of hydrogen-bond donors (Lipinski definition) is 2. The maximum atomic E-state index is 10.5. The molecule has 0 aliphatic heterocycles. The van der Waals surface area contributed by atoms with Crippen LogP contribution < -0.4 is 0 Å². The van der Waals surface area contributed by atoms with Gasteiger partial charge in [-0.05, 0) is 30.7 Å². The normalized spacial score (nSPS) is 8.75. The molecular formula is C8H9NaO3. The van der Waals surface area contributed by atoms with Gasteiger partial charge in [-0.1, -0.05) is 0 Å². The molecule has 1 rings (SSSR count). The van der Waals surface area contributed by atoms with Gasteiger partial charge in [0.1, 0.15) is 5.75 Å². The van der Waals surface area contributed by atoms with Gasteiger partial charge in [0, 0.05) is 0 Å². The molecule has 0 aromatic heterocycles. The molecule has 4 heteroatoms. The second kappa shape index (κ2) is 4.50. The van der Waals surface area contributed by atoms with Gasteiger partial charge >= 0.3 is 35.5 Å². The van der Waals surface area contributed by atoms with Gasteiger partial charge in [-0.15, -0.1) is 0 Å². The van der Waals surface area contributed by atoms with Gasteiger partial charge in [0.05, 0.1) is 5.56 Å². The van der Waals surface area contributed by atoms with Crippen LogP contribution in [-0.2, 0) is 0 Å². The Bertz CT molecular complexity index is 296. The van der Waals surface area contributed by atoms with Crippen LogP contribution in [0.3, 0.4) is 0 Å². The van der Waals surface area contributed by atoms with Crippen molar-refractivity contribution in [1.82, 2.24) is 0 Å². The predicted molar refractivity (Wildman–Crippen MR) is 47.0 cm³/mol. The Hall–Kier alpha value is -0.510. The van der Waals surface area contributed by atoms with Crippen molar-refractivity contribution in [2.45, 2.75) is 6.92 Å². The number of phenolic OH excluding ortho intramolecular Hbond substituents is 1. The van der Waals surface area contributed by atoms with Crippen LogP contribution in [0.25, 0.3) is 0 Å². The van der Waals surface area contributed by atoms with Crippen LogP contribution in [0.4, 0.5) is 0 Å². The number of aromatic carboxylic acids is 1. The van der Waals surface area contributed by atoms with E-state index in [1.54, 1.807) is 6.92 Å². The van der Waals surface area contributed by atoms with Crippen LogP contribution in [0.5, 0.6) is 5.75 Å². The third kappa shape index (κ3) is 2.52. The van der Waals surface area contributed by atoms with E-state index < -0.39 is 5.97 Å². The fourth-order valence-corrected chi connectivity index (χ4v) is 0.888. The molecule has 0 atom stereocenters. The summed E-state index contributed by atoms with van der Waals surface area (Å²) >= 11 is 0. The summed E-state index contributed by atoms with van der Waals surface area (Å²) < 4.78 is 0. The zero-order chi connectivity index (χ0) is 8.43. The Morgan fingerprint density at radius 1 is 1.42 bits per heavy atom. The van der Waals surface area contributed by atoms with E-state index >= 15 is 0 Å². The van der Waals surface area contributed by atoms with E-state index in [0.29, 0.717) is 5.56 Å². The quantitative estimate of drug-likeness (QED) is 0.621. The second-order valence-electron chi connectivity index (χ2n) is 2.30. The summed E-state index contributed by atoms with van der Waals surface area (Å²) in [4.78, 5) is 10.5. The first-order valence-electron chi connectivity index (χ1n) is 3.14. The molecule has 60 valence electrons. The van der Waals surface area contributed by atoms with Crippen molar-refractivity contribution >= 4 is 35.5 Å². The Kier molecular flexibility index (Phi) is 4.31. The molecule has 0 aliphatic rings. The number of carboxylic acid groups (broad SMARTS) is 1. The van der Waals surface area contributed by atoms with E-state index in [4.69, 9.17) is 10.2 Å². The van der Waals surface area contributed by atoms with E-state index in [0.717, 1.165) is 0 Å². The number of hydrogen-bond acceptors (Lipinski definition) is 2. The van der Waals surface area contributed by atoms with Crippen LogP contribution in [0.15, 0.2) is 18.2 Å². The summed E-state index contributed by atoms with van der Waals surface area (Å²) in [5.41, 5.74) is 0.792. The van der Waals surface area contributed by atoms with Crippen molar-refractivity contribution in [3.63, 3.8) is 0 Å². The first-order chi connectivity index (χ1) is 5.11. The van der Waals surface area contributed by atoms with Gasteiger partial charge in [-0.25, -0.2) is 4.79 Å². The van der Waals surface area contributed by atoms with E-state index in [9.17, 15) is 4.79 Å². The maximum absolute atomic E-state index is 10.5. The van der Waals surface area contributed by atoms with Gasteiger partial charge in [-0.3, -0.25) is 0 Å². The number of benzene rings is 1. The summed E-state index contributed by atoms with van der Waals surface area (Å²) in [6, 6.07) is 4.16. The minimum absolute atomic E-state index is 0. The molecule has 0 amide bonds. The zero-order valence-corrected chi connectivity index (χ0v) is 6.03. The molecule has 0 unspecified atom stereocenters. The molecule has 3 nitrogen and oxygen atoms in total. The Morgan fingerprint density at radius 2 is 2.00 bits per heavy atom. The minimum atomic E-state index is -0.970. The Balaban J connectivity index is 0.00000121. The molecule has 0 heterocycles. The number of rotatable bonds is 1. The molecule has 0 radical (unpaired) electrons. The van der Waals surface area contributed by atoms with Crippen molar-refractivity contribution in [2.24, 2.45) is 0 Å². The topological polar surface area (TPSA) is 57.5 Å². The number of carbonyl (C=O) groups is 1. The van der Waals surface area contributed by atoms with Crippen LogP contribution in [-0.4, -0.2) is 45.7 Å².